The van der Waals surface area contributed by atoms with Crippen LogP contribution in [0.1, 0.15) is 38.3 Å². The second kappa shape index (κ2) is 3.95. The van der Waals surface area contributed by atoms with Crippen LogP contribution in [0.4, 0.5) is 0 Å². The van der Waals surface area contributed by atoms with E-state index in [-0.39, 0.29) is 23.5 Å². The van der Waals surface area contributed by atoms with Gasteiger partial charge < -0.3 is 9.67 Å². The van der Waals surface area contributed by atoms with E-state index in [1.54, 1.807) is 0 Å². The van der Waals surface area contributed by atoms with E-state index in [1.165, 1.54) is 16.8 Å². The molecule has 2 aliphatic rings. The van der Waals surface area contributed by atoms with Crippen LogP contribution >= 0.6 is 0 Å². The fourth-order valence-electron chi connectivity index (χ4n) is 4.06. The van der Waals surface area contributed by atoms with Gasteiger partial charge in [0.05, 0.1) is 30.4 Å². The van der Waals surface area contributed by atoms with Crippen molar-refractivity contribution in [3.63, 3.8) is 0 Å². The molecule has 3 atom stereocenters. The Morgan fingerprint density at radius 1 is 1.30 bits per heavy atom. The van der Waals surface area contributed by atoms with Gasteiger partial charge in [-0.05, 0) is 23.8 Å². The first kappa shape index (κ1) is 12.2. The summed E-state index contributed by atoms with van der Waals surface area (Å²) >= 11 is 0. The van der Waals surface area contributed by atoms with Crippen LogP contribution in [-0.2, 0) is 0 Å². The quantitative estimate of drug-likeness (QED) is 0.862. The SMILES string of the molecule is CC1(C)CC[C@@H]([C@H]2c3ccccc3-c3cncn32)C1O. The third-order valence-electron chi connectivity index (χ3n) is 5.25. The lowest BCUT2D eigenvalue weighted by atomic mass is 9.83. The van der Waals surface area contributed by atoms with Crippen LogP contribution in [0.5, 0.6) is 0 Å². The highest BCUT2D eigenvalue weighted by Crippen LogP contribution is 2.52. The smallest absolute Gasteiger partial charge is 0.0956 e. The van der Waals surface area contributed by atoms with Gasteiger partial charge in [0.15, 0.2) is 0 Å². The van der Waals surface area contributed by atoms with Gasteiger partial charge in [0, 0.05) is 11.5 Å². The average molecular weight is 268 g/mol. The maximum Gasteiger partial charge on any atom is 0.0956 e. The van der Waals surface area contributed by atoms with Crippen molar-refractivity contribution in [1.29, 1.82) is 0 Å². The number of rotatable bonds is 1. The number of aliphatic hydroxyl groups excluding tert-OH is 1. The summed E-state index contributed by atoms with van der Waals surface area (Å²) in [5.41, 5.74) is 3.81. The molecule has 0 radical (unpaired) electrons. The molecule has 1 aromatic heterocycles. The lowest BCUT2D eigenvalue weighted by Crippen LogP contribution is -2.32. The van der Waals surface area contributed by atoms with Crippen molar-refractivity contribution in [3.05, 3.63) is 42.4 Å². The lowest BCUT2D eigenvalue weighted by molar-refractivity contribution is 0.0344. The Hall–Kier alpha value is -1.61. The maximum atomic E-state index is 10.7. The van der Waals surface area contributed by atoms with Crippen molar-refractivity contribution in [2.24, 2.45) is 11.3 Å². The van der Waals surface area contributed by atoms with Gasteiger partial charge in [-0.15, -0.1) is 0 Å². The standard InChI is InChI=1S/C17H20N2O/c1-17(2)8-7-13(16(17)20)15-12-6-4-3-5-11(12)14-9-18-10-19(14)15/h3-6,9-10,13,15-16,20H,7-8H2,1-2H3/t13-,15+,16?/m0/s1. The van der Waals surface area contributed by atoms with Crippen LogP contribution in [0.25, 0.3) is 11.3 Å². The molecule has 1 aliphatic heterocycles. The second-order valence-corrected chi connectivity index (χ2v) is 6.85. The van der Waals surface area contributed by atoms with Crippen molar-refractivity contribution >= 4 is 0 Å². The topological polar surface area (TPSA) is 38.0 Å². The van der Waals surface area contributed by atoms with E-state index in [4.69, 9.17) is 0 Å². The van der Waals surface area contributed by atoms with E-state index in [9.17, 15) is 5.11 Å². The molecule has 0 amide bonds. The Balaban J connectivity index is 1.84. The summed E-state index contributed by atoms with van der Waals surface area (Å²) in [6.07, 6.45) is 5.75. The van der Waals surface area contributed by atoms with Crippen molar-refractivity contribution in [2.75, 3.05) is 0 Å². The molecule has 0 spiro atoms. The van der Waals surface area contributed by atoms with Gasteiger partial charge >= 0.3 is 0 Å². The number of hydrogen-bond acceptors (Lipinski definition) is 2. The van der Waals surface area contributed by atoms with Crippen LogP contribution in [0, 0.1) is 11.3 Å². The minimum absolute atomic E-state index is 0.0168. The highest BCUT2D eigenvalue weighted by atomic mass is 16.3. The molecule has 0 saturated heterocycles. The zero-order chi connectivity index (χ0) is 13.9. The zero-order valence-corrected chi connectivity index (χ0v) is 12.0. The molecule has 1 saturated carbocycles. The third kappa shape index (κ3) is 1.47. The summed E-state index contributed by atoms with van der Waals surface area (Å²) in [6.45, 7) is 4.35. The van der Waals surface area contributed by atoms with Gasteiger partial charge in [0.1, 0.15) is 0 Å². The van der Waals surface area contributed by atoms with Crippen molar-refractivity contribution in [2.45, 2.75) is 38.8 Å². The molecule has 1 N–H and O–H groups in total. The molecule has 2 heterocycles. The zero-order valence-electron chi connectivity index (χ0n) is 12.0. The van der Waals surface area contributed by atoms with Crippen LogP contribution in [0.15, 0.2) is 36.8 Å². The molecule has 1 aliphatic carbocycles. The van der Waals surface area contributed by atoms with Crippen LogP contribution in [0.2, 0.25) is 0 Å². The van der Waals surface area contributed by atoms with Gasteiger partial charge in [-0.2, -0.15) is 0 Å². The van der Waals surface area contributed by atoms with Crippen molar-refractivity contribution in [1.82, 2.24) is 9.55 Å². The molecule has 1 fully saturated rings. The molecule has 1 aromatic carbocycles. The predicted octanol–water partition coefficient (Wildman–Crippen LogP) is 3.25. The second-order valence-electron chi connectivity index (χ2n) is 6.85. The average Bonchev–Trinajstić information content (AvgIpc) is 3.07. The molecular weight excluding hydrogens is 248 g/mol. The van der Waals surface area contributed by atoms with Gasteiger partial charge in [0.2, 0.25) is 0 Å². The Morgan fingerprint density at radius 3 is 2.85 bits per heavy atom. The largest absolute Gasteiger partial charge is 0.392 e. The first-order chi connectivity index (χ1) is 9.59. The highest BCUT2D eigenvalue weighted by molar-refractivity contribution is 5.69. The van der Waals surface area contributed by atoms with Gasteiger partial charge in [0.25, 0.3) is 0 Å². The minimum atomic E-state index is -0.256. The van der Waals surface area contributed by atoms with Crippen LogP contribution in [-0.4, -0.2) is 20.8 Å². The van der Waals surface area contributed by atoms with Gasteiger partial charge in [-0.3, -0.25) is 0 Å². The molecule has 1 unspecified atom stereocenters. The first-order valence-electron chi connectivity index (χ1n) is 7.39. The Kier molecular flexibility index (Phi) is 2.40. The number of imidazole rings is 1. The van der Waals surface area contributed by atoms with E-state index in [2.05, 4.69) is 47.7 Å². The molecule has 104 valence electrons. The fourth-order valence-corrected chi connectivity index (χ4v) is 4.06. The number of fused-ring (bicyclic) bond motifs is 3. The molecule has 0 bridgehead atoms. The third-order valence-corrected chi connectivity index (χ3v) is 5.25. The van der Waals surface area contributed by atoms with Crippen molar-refractivity contribution in [3.8, 4) is 11.3 Å². The fraction of sp³-hybridized carbons (Fsp3) is 0.471. The van der Waals surface area contributed by atoms with Gasteiger partial charge in [-0.1, -0.05) is 38.1 Å². The van der Waals surface area contributed by atoms with E-state index in [1.807, 2.05) is 12.5 Å². The molecule has 20 heavy (non-hydrogen) atoms. The van der Waals surface area contributed by atoms with E-state index >= 15 is 0 Å². The molecule has 4 rings (SSSR count). The van der Waals surface area contributed by atoms with Crippen LogP contribution < -0.4 is 0 Å². The minimum Gasteiger partial charge on any atom is -0.392 e. The molecule has 2 aromatic rings. The van der Waals surface area contributed by atoms with E-state index in [0.29, 0.717) is 0 Å². The molecule has 3 nitrogen and oxygen atoms in total. The normalized spacial score (nSPS) is 30.2. The Labute approximate surface area is 119 Å². The first-order valence-corrected chi connectivity index (χ1v) is 7.39. The summed E-state index contributed by atoms with van der Waals surface area (Å²) in [7, 11) is 0. The van der Waals surface area contributed by atoms with Gasteiger partial charge in [-0.25, -0.2) is 4.98 Å². The lowest BCUT2D eigenvalue weighted by Gasteiger charge is -2.30. The number of aliphatic hydroxyl groups is 1. The Bertz CT molecular complexity index is 659. The molecule has 3 heteroatoms. The summed E-state index contributed by atoms with van der Waals surface area (Å²) in [5, 5.41) is 10.7. The number of benzene rings is 1. The monoisotopic (exact) mass is 268 g/mol. The Morgan fingerprint density at radius 2 is 2.10 bits per heavy atom. The molecular formula is C17H20N2O. The van der Waals surface area contributed by atoms with E-state index < -0.39 is 0 Å². The van der Waals surface area contributed by atoms with Crippen LogP contribution in [0.3, 0.4) is 0 Å². The number of nitrogens with zero attached hydrogens (tertiary/aromatic N) is 2. The summed E-state index contributed by atoms with van der Waals surface area (Å²) in [6, 6.07) is 8.77. The maximum absolute atomic E-state index is 10.7. The summed E-state index contributed by atoms with van der Waals surface area (Å²) in [4.78, 5) is 4.31. The number of hydrogen-bond donors (Lipinski definition) is 1. The van der Waals surface area contributed by atoms with E-state index in [0.717, 1.165) is 12.8 Å². The van der Waals surface area contributed by atoms with Crippen molar-refractivity contribution < 1.29 is 5.11 Å². The predicted molar refractivity (Wildman–Crippen MR) is 78.3 cm³/mol. The summed E-state index contributed by atoms with van der Waals surface area (Å²) in [5.74, 6) is 0.279. The highest BCUT2D eigenvalue weighted by Gasteiger charge is 2.47. The number of aromatic nitrogens is 2. The summed E-state index contributed by atoms with van der Waals surface area (Å²) < 4.78 is 2.25.